The van der Waals surface area contributed by atoms with Crippen molar-refractivity contribution >= 4 is 16.9 Å². The average molecular weight is 322 g/mol. The summed E-state index contributed by atoms with van der Waals surface area (Å²) in [5.74, 6) is 0.0274. The van der Waals surface area contributed by atoms with Crippen LogP contribution < -0.4 is 0 Å². The van der Waals surface area contributed by atoms with E-state index in [1.54, 1.807) is 0 Å². The van der Waals surface area contributed by atoms with Gasteiger partial charge in [0.1, 0.15) is 11.3 Å². The van der Waals surface area contributed by atoms with E-state index in [2.05, 4.69) is 20.6 Å². The Morgan fingerprint density at radius 2 is 2.12 bits per heavy atom. The smallest absolute Gasteiger partial charge is 0.273 e. The van der Waals surface area contributed by atoms with Crippen molar-refractivity contribution in [2.45, 2.75) is 31.7 Å². The molecule has 1 atom stereocenters. The van der Waals surface area contributed by atoms with Crippen molar-refractivity contribution < 1.29 is 4.79 Å². The van der Waals surface area contributed by atoms with Crippen molar-refractivity contribution in [3.05, 3.63) is 54.1 Å². The molecule has 0 aromatic carbocycles. The first kappa shape index (κ1) is 15.0. The van der Waals surface area contributed by atoms with Gasteiger partial charge in [0.25, 0.3) is 5.91 Å². The first-order valence-corrected chi connectivity index (χ1v) is 8.60. The number of amides is 1. The van der Waals surface area contributed by atoms with Gasteiger partial charge in [0, 0.05) is 37.1 Å². The number of fused-ring (bicyclic) bond motifs is 1. The molecule has 1 unspecified atom stereocenters. The molecule has 3 aromatic heterocycles. The number of H-pyrrole nitrogens is 1. The number of likely N-dealkylation sites (tertiary alicyclic amines) is 1. The van der Waals surface area contributed by atoms with E-state index < -0.39 is 0 Å². The van der Waals surface area contributed by atoms with Gasteiger partial charge in [-0.05, 0) is 43.2 Å². The van der Waals surface area contributed by atoms with Gasteiger partial charge in [0.15, 0.2) is 0 Å². The third kappa shape index (κ3) is 2.60. The predicted octanol–water partition coefficient (Wildman–Crippen LogP) is 3.66. The molecule has 1 amide bonds. The monoisotopic (exact) mass is 322 g/mol. The second-order valence-corrected chi connectivity index (χ2v) is 6.52. The van der Waals surface area contributed by atoms with Crippen molar-refractivity contribution in [2.24, 2.45) is 7.05 Å². The van der Waals surface area contributed by atoms with Gasteiger partial charge in [-0.2, -0.15) is 0 Å². The van der Waals surface area contributed by atoms with Crippen molar-refractivity contribution in [1.29, 1.82) is 0 Å². The summed E-state index contributed by atoms with van der Waals surface area (Å²) in [6, 6.07) is 10.1. The summed E-state index contributed by atoms with van der Waals surface area (Å²) in [6.07, 6.45) is 8.29. The van der Waals surface area contributed by atoms with Crippen LogP contribution in [0.5, 0.6) is 0 Å². The fourth-order valence-corrected chi connectivity index (χ4v) is 3.68. The lowest BCUT2D eigenvalue weighted by Gasteiger charge is -2.30. The Morgan fingerprint density at radius 3 is 2.96 bits per heavy atom. The number of aromatic nitrogens is 3. The van der Waals surface area contributed by atoms with Gasteiger partial charge in [-0.1, -0.05) is 12.8 Å². The number of hydrogen-bond donors (Lipinski definition) is 1. The van der Waals surface area contributed by atoms with Crippen LogP contribution in [-0.2, 0) is 7.05 Å². The van der Waals surface area contributed by atoms with Crippen molar-refractivity contribution in [1.82, 2.24) is 19.4 Å². The van der Waals surface area contributed by atoms with Gasteiger partial charge in [0.2, 0.25) is 0 Å². The molecule has 124 valence electrons. The zero-order valence-electron chi connectivity index (χ0n) is 13.9. The molecule has 4 heterocycles. The predicted molar refractivity (Wildman–Crippen MR) is 93.8 cm³/mol. The minimum atomic E-state index is 0.0274. The second-order valence-electron chi connectivity index (χ2n) is 6.52. The highest BCUT2D eigenvalue weighted by atomic mass is 16.2. The van der Waals surface area contributed by atoms with Crippen molar-refractivity contribution in [3.8, 4) is 0 Å². The summed E-state index contributed by atoms with van der Waals surface area (Å²) in [5, 5.41) is 1.03. The molecule has 4 rings (SSSR count). The summed E-state index contributed by atoms with van der Waals surface area (Å²) >= 11 is 0. The maximum absolute atomic E-state index is 13.2. The summed E-state index contributed by atoms with van der Waals surface area (Å²) in [6.45, 7) is 0.791. The largest absolute Gasteiger partial charge is 0.353 e. The van der Waals surface area contributed by atoms with Gasteiger partial charge >= 0.3 is 0 Å². The van der Waals surface area contributed by atoms with E-state index in [9.17, 15) is 4.79 Å². The van der Waals surface area contributed by atoms with Gasteiger partial charge in [-0.15, -0.1) is 0 Å². The van der Waals surface area contributed by atoms with Gasteiger partial charge in [-0.25, -0.2) is 4.98 Å². The van der Waals surface area contributed by atoms with Gasteiger partial charge in [-0.3, -0.25) is 4.79 Å². The Hall–Kier alpha value is -2.56. The lowest BCUT2D eigenvalue weighted by atomic mass is 10.1. The molecule has 1 N–H and O–H groups in total. The van der Waals surface area contributed by atoms with E-state index in [0.29, 0.717) is 5.69 Å². The molecule has 5 nitrogen and oxygen atoms in total. The topological polar surface area (TPSA) is 53.9 Å². The van der Waals surface area contributed by atoms with E-state index in [0.717, 1.165) is 36.8 Å². The number of hydrogen-bond acceptors (Lipinski definition) is 2. The Kier molecular flexibility index (Phi) is 3.84. The number of pyridine rings is 1. The zero-order chi connectivity index (χ0) is 16.5. The van der Waals surface area contributed by atoms with E-state index in [-0.39, 0.29) is 11.9 Å². The van der Waals surface area contributed by atoms with E-state index in [1.807, 2.05) is 48.6 Å². The number of carbonyl (C=O) groups is 1. The fraction of sp³-hybridized carbons (Fsp3) is 0.368. The summed E-state index contributed by atoms with van der Waals surface area (Å²) in [4.78, 5) is 22.8. The average Bonchev–Trinajstić information content (AvgIpc) is 3.16. The number of carbonyl (C=O) groups excluding carboxylic acids is 1. The number of aromatic amines is 1. The summed E-state index contributed by atoms with van der Waals surface area (Å²) in [7, 11) is 2.05. The summed E-state index contributed by atoms with van der Waals surface area (Å²) in [5.41, 5.74) is 2.49. The molecule has 1 fully saturated rings. The Labute approximate surface area is 141 Å². The molecular formula is C19H22N4O. The molecule has 0 spiro atoms. The van der Waals surface area contributed by atoms with Crippen LogP contribution in [0.3, 0.4) is 0 Å². The highest BCUT2D eigenvalue weighted by molar-refractivity contribution is 5.94. The molecule has 1 aliphatic heterocycles. The molecule has 5 heteroatoms. The van der Waals surface area contributed by atoms with Gasteiger partial charge in [0.05, 0.1) is 6.04 Å². The molecular weight excluding hydrogens is 300 g/mol. The maximum atomic E-state index is 13.2. The maximum Gasteiger partial charge on any atom is 0.273 e. The molecule has 3 aromatic rings. The molecule has 24 heavy (non-hydrogen) atoms. The fourth-order valence-electron chi connectivity index (χ4n) is 3.68. The first-order chi connectivity index (χ1) is 11.7. The molecule has 1 aliphatic rings. The van der Waals surface area contributed by atoms with Crippen LogP contribution in [0, 0.1) is 0 Å². The molecule has 0 saturated carbocycles. The van der Waals surface area contributed by atoms with Crippen LogP contribution >= 0.6 is 0 Å². The molecule has 1 saturated heterocycles. The van der Waals surface area contributed by atoms with Crippen molar-refractivity contribution in [2.75, 3.05) is 6.54 Å². The van der Waals surface area contributed by atoms with E-state index in [4.69, 9.17) is 0 Å². The SMILES string of the molecule is Cn1cccc1C1CCCCCN1C(=O)c1ccc2cc[nH]c2n1. The lowest BCUT2D eigenvalue weighted by molar-refractivity contribution is 0.0669. The van der Waals surface area contributed by atoms with Crippen LogP contribution in [0.1, 0.15) is 47.9 Å². The second kappa shape index (κ2) is 6.15. The van der Waals surface area contributed by atoms with Crippen molar-refractivity contribution in [3.63, 3.8) is 0 Å². The molecule has 0 radical (unpaired) electrons. The van der Waals surface area contributed by atoms with Crippen LogP contribution in [0.15, 0.2) is 42.7 Å². The van der Waals surface area contributed by atoms with Crippen LogP contribution in [-0.4, -0.2) is 31.9 Å². The highest BCUT2D eigenvalue weighted by Gasteiger charge is 2.29. The molecule has 0 aliphatic carbocycles. The zero-order valence-corrected chi connectivity index (χ0v) is 13.9. The minimum Gasteiger partial charge on any atom is -0.353 e. The van der Waals surface area contributed by atoms with Crippen LogP contribution in [0.25, 0.3) is 11.0 Å². The Morgan fingerprint density at radius 1 is 1.21 bits per heavy atom. The van der Waals surface area contributed by atoms with E-state index in [1.165, 1.54) is 12.1 Å². The number of nitrogens with one attached hydrogen (secondary N) is 1. The van der Waals surface area contributed by atoms with Gasteiger partial charge < -0.3 is 14.5 Å². The Bertz CT molecular complexity index is 863. The summed E-state index contributed by atoms with van der Waals surface area (Å²) < 4.78 is 2.12. The molecule has 0 bridgehead atoms. The highest BCUT2D eigenvalue weighted by Crippen LogP contribution is 2.31. The number of aryl methyl sites for hydroxylation is 1. The standard InChI is InChI=1S/C19H22N4O/c1-22-12-5-7-16(22)17-6-3-2-4-13-23(17)19(24)15-9-8-14-10-11-20-18(14)21-15/h5,7-12,17H,2-4,6,13H2,1H3,(H,20,21). The normalized spacial score (nSPS) is 18.7. The van der Waals surface area contributed by atoms with Crippen LogP contribution in [0.4, 0.5) is 0 Å². The first-order valence-electron chi connectivity index (χ1n) is 8.60. The number of nitrogens with zero attached hydrogens (tertiary/aromatic N) is 3. The third-order valence-corrected chi connectivity index (χ3v) is 4.97. The minimum absolute atomic E-state index is 0.0274. The van der Waals surface area contributed by atoms with Crippen LogP contribution in [0.2, 0.25) is 0 Å². The Balaban J connectivity index is 1.70. The lowest BCUT2D eigenvalue weighted by Crippen LogP contribution is -2.36. The van der Waals surface area contributed by atoms with E-state index >= 15 is 0 Å². The number of rotatable bonds is 2. The quantitative estimate of drug-likeness (QED) is 0.783. The third-order valence-electron chi connectivity index (χ3n) is 4.97.